The molecule has 1 aliphatic heterocycles. The Morgan fingerprint density at radius 2 is 2.29 bits per heavy atom. The van der Waals surface area contributed by atoms with Gasteiger partial charge in [0.15, 0.2) is 5.96 Å². The molecule has 0 aliphatic carbocycles. The molecule has 0 saturated heterocycles. The van der Waals surface area contributed by atoms with Crippen molar-refractivity contribution in [3.63, 3.8) is 0 Å². The van der Waals surface area contributed by atoms with Crippen LogP contribution < -0.4 is 15.8 Å². The van der Waals surface area contributed by atoms with Crippen molar-refractivity contribution in [1.82, 2.24) is 10.3 Å². The van der Waals surface area contributed by atoms with E-state index in [0.29, 0.717) is 19.1 Å². The molecule has 130 valence electrons. The highest BCUT2D eigenvalue weighted by Crippen LogP contribution is 2.31. The van der Waals surface area contributed by atoms with Crippen molar-refractivity contribution in [3.05, 3.63) is 45.9 Å². The van der Waals surface area contributed by atoms with Crippen molar-refractivity contribution in [2.24, 2.45) is 10.7 Å². The number of nitrogens with one attached hydrogen (secondary N) is 1. The normalized spacial score (nSPS) is 16.7. The van der Waals surface area contributed by atoms with Gasteiger partial charge in [-0.3, -0.25) is 4.99 Å². The maximum absolute atomic E-state index is 6.04. The van der Waals surface area contributed by atoms with Crippen LogP contribution in [0.5, 0.6) is 5.75 Å². The summed E-state index contributed by atoms with van der Waals surface area (Å²) in [4.78, 5) is 10.1. The minimum Gasteiger partial charge on any atom is -0.493 e. The van der Waals surface area contributed by atoms with Gasteiger partial charge >= 0.3 is 0 Å². The quantitative estimate of drug-likeness (QED) is 0.410. The number of hydrogen-bond acceptors (Lipinski definition) is 4. The number of nitrogens with zero attached hydrogens (tertiary/aromatic N) is 2. The molecular weight excluding hydrogens is 435 g/mol. The van der Waals surface area contributed by atoms with E-state index in [2.05, 4.69) is 28.3 Å². The van der Waals surface area contributed by atoms with Gasteiger partial charge in [0, 0.05) is 36.0 Å². The van der Waals surface area contributed by atoms with Crippen molar-refractivity contribution < 1.29 is 4.74 Å². The molecule has 0 amide bonds. The minimum absolute atomic E-state index is 0. The smallest absolute Gasteiger partial charge is 0.189 e. The Bertz CT molecular complexity index is 689. The number of aromatic nitrogens is 1. The number of para-hydroxylation sites is 1. The third kappa shape index (κ3) is 4.83. The number of thiazole rings is 1. The summed E-state index contributed by atoms with van der Waals surface area (Å²) in [6.45, 7) is 3.49. The zero-order valence-corrected chi connectivity index (χ0v) is 16.8. The molecule has 0 fully saturated rings. The Balaban J connectivity index is 0.00000208. The predicted octanol–water partition coefficient (Wildman–Crippen LogP) is 3.29. The van der Waals surface area contributed by atoms with E-state index in [1.807, 2.05) is 24.4 Å². The lowest BCUT2D eigenvalue weighted by Gasteiger charge is -2.26. The van der Waals surface area contributed by atoms with Gasteiger partial charge in [0.2, 0.25) is 0 Å². The lowest BCUT2D eigenvalue weighted by Crippen LogP contribution is -2.37. The summed E-state index contributed by atoms with van der Waals surface area (Å²) in [7, 11) is 0. The molecule has 0 radical (unpaired) electrons. The number of rotatable bonds is 5. The summed E-state index contributed by atoms with van der Waals surface area (Å²) >= 11 is 1.75. The van der Waals surface area contributed by atoms with E-state index in [1.165, 1.54) is 4.88 Å². The van der Waals surface area contributed by atoms with Crippen molar-refractivity contribution in [2.45, 2.75) is 32.2 Å². The molecule has 1 aromatic heterocycles. The van der Waals surface area contributed by atoms with E-state index < -0.39 is 0 Å². The largest absolute Gasteiger partial charge is 0.493 e. The third-order valence-corrected chi connectivity index (χ3v) is 5.04. The zero-order valence-electron chi connectivity index (χ0n) is 13.7. The monoisotopic (exact) mass is 458 g/mol. The van der Waals surface area contributed by atoms with Crippen LogP contribution in [-0.2, 0) is 12.8 Å². The van der Waals surface area contributed by atoms with Crippen LogP contribution in [-0.4, -0.2) is 24.1 Å². The van der Waals surface area contributed by atoms with Gasteiger partial charge in [-0.05, 0) is 12.5 Å². The number of fused-ring (bicyclic) bond motifs is 1. The first-order valence-electron chi connectivity index (χ1n) is 7.98. The van der Waals surface area contributed by atoms with Crippen molar-refractivity contribution in [3.8, 4) is 5.75 Å². The average Bonchev–Trinajstić information content (AvgIpc) is 3.03. The number of nitrogens with two attached hydrogens (primary N) is 1. The molecule has 24 heavy (non-hydrogen) atoms. The zero-order chi connectivity index (χ0) is 16.1. The van der Waals surface area contributed by atoms with Gasteiger partial charge in [-0.15, -0.1) is 35.3 Å². The SMILES string of the molecule is CCc1cnc(CCN=C(N)NC2CCOc3ccccc32)s1.I. The molecule has 1 unspecified atom stereocenters. The number of aryl methyl sites for hydroxylation is 1. The second-order valence-electron chi connectivity index (χ2n) is 5.46. The van der Waals surface area contributed by atoms with Crippen LogP contribution in [0.4, 0.5) is 0 Å². The van der Waals surface area contributed by atoms with Crippen molar-refractivity contribution >= 4 is 41.3 Å². The maximum Gasteiger partial charge on any atom is 0.189 e. The predicted molar refractivity (Wildman–Crippen MR) is 110 cm³/mol. The van der Waals surface area contributed by atoms with E-state index in [0.717, 1.165) is 35.6 Å². The molecule has 5 nitrogen and oxygen atoms in total. The summed E-state index contributed by atoms with van der Waals surface area (Å²) in [5.74, 6) is 1.41. The Morgan fingerprint density at radius 1 is 1.46 bits per heavy atom. The number of ether oxygens (including phenoxy) is 1. The number of guanidine groups is 1. The molecule has 1 aliphatic rings. The first-order chi connectivity index (χ1) is 11.3. The Morgan fingerprint density at radius 3 is 3.08 bits per heavy atom. The highest BCUT2D eigenvalue weighted by Gasteiger charge is 2.21. The lowest BCUT2D eigenvalue weighted by atomic mass is 10.0. The molecule has 7 heteroatoms. The number of hydrogen-bond donors (Lipinski definition) is 2. The van der Waals surface area contributed by atoms with Crippen LogP contribution in [0.15, 0.2) is 35.5 Å². The molecule has 0 bridgehead atoms. The summed E-state index contributed by atoms with van der Waals surface area (Å²) in [6, 6.07) is 8.22. The number of benzene rings is 1. The second-order valence-corrected chi connectivity index (χ2v) is 6.66. The standard InChI is InChI=1S/C17H22N4OS.HI/c1-2-12-11-20-16(23-12)7-9-19-17(18)21-14-8-10-22-15-6-4-3-5-13(14)15;/h3-6,11,14H,2,7-10H2,1H3,(H3,18,19,21);1H. The first kappa shape index (κ1) is 19.0. The van der Waals surface area contributed by atoms with E-state index in [9.17, 15) is 0 Å². The van der Waals surface area contributed by atoms with Gasteiger partial charge in [-0.2, -0.15) is 0 Å². The minimum atomic E-state index is 0. The van der Waals surface area contributed by atoms with E-state index in [-0.39, 0.29) is 30.0 Å². The van der Waals surface area contributed by atoms with E-state index in [1.54, 1.807) is 11.3 Å². The van der Waals surface area contributed by atoms with Crippen LogP contribution in [0.1, 0.15) is 34.8 Å². The van der Waals surface area contributed by atoms with E-state index >= 15 is 0 Å². The van der Waals surface area contributed by atoms with Crippen molar-refractivity contribution in [2.75, 3.05) is 13.2 Å². The summed E-state index contributed by atoms with van der Waals surface area (Å²) < 4.78 is 5.66. The summed E-state index contributed by atoms with van der Waals surface area (Å²) in [6.07, 6.45) is 4.70. The van der Waals surface area contributed by atoms with Crippen LogP contribution in [0, 0.1) is 0 Å². The van der Waals surface area contributed by atoms with Crippen LogP contribution in [0.3, 0.4) is 0 Å². The van der Waals surface area contributed by atoms with Gasteiger partial charge in [-0.1, -0.05) is 25.1 Å². The Labute approximate surface area is 163 Å². The molecular formula is C17H23IN4OS. The highest BCUT2D eigenvalue weighted by molar-refractivity contribution is 14.0. The fourth-order valence-electron chi connectivity index (χ4n) is 2.62. The average molecular weight is 458 g/mol. The molecule has 2 aromatic rings. The highest BCUT2D eigenvalue weighted by atomic mass is 127. The van der Waals surface area contributed by atoms with Gasteiger partial charge in [0.1, 0.15) is 5.75 Å². The maximum atomic E-state index is 6.04. The molecule has 3 N–H and O–H groups in total. The summed E-state index contributed by atoms with van der Waals surface area (Å²) in [5, 5.41) is 4.43. The topological polar surface area (TPSA) is 72.5 Å². The number of aliphatic imine (C=N–C) groups is 1. The van der Waals surface area contributed by atoms with Gasteiger partial charge < -0.3 is 15.8 Å². The lowest BCUT2D eigenvalue weighted by molar-refractivity contribution is 0.262. The molecule has 2 heterocycles. The van der Waals surface area contributed by atoms with E-state index in [4.69, 9.17) is 10.5 Å². The van der Waals surface area contributed by atoms with Crippen LogP contribution in [0.25, 0.3) is 0 Å². The molecule has 0 saturated carbocycles. The molecule has 0 spiro atoms. The summed E-state index contributed by atoms with van der Waals surface area (Å²) in [5.41, 5.74) is 7.18. The molecule has 1 atom stereocenters. The third-order valence-electron chi connectivity index (χ3n) is 3.84. The molecule has 1 aromatic carbocycles. The van der Waals surface area contributed by atoms with Gasteiger partial charge in [0.25, 0.3) is 0 Å². The van der Waals surface area contributed by atoms with Crippen molar-refractivity contribution in [1.29, 1.82) is 0 Å². The number of halogens is 1. The fraction of sp³-hybridized carbons (Fsp3) is 0.412. The van der Waals surface area contributed by atoms with Crippen LogP contribution in [0.2, 0.25) is 0 Å². The van der Waals surface area contributed by atoms with Crippen LogP contribution >= 0.6 is 35.3 Å². The Kier molecular flexibility index (Phi) is 7.29. The Hall–Kier alpha value is -1.35. The molecule has 3 rings (SSSR count). The first-order valence-corrected chi connectivity index (χ1v) is 8.79. The van der Waals surface area contributed by atoms with Gasteiger partial charge in [0.05, 0.1) is 17.7 Å². The second kappa shape index (κ2) is 9.22. The van der Waals surface area contributed by atoms with Gasteiger partial charge in [-0.25, -0.2) is 4.98 Å². The fourth-order valence-corrected chi connectivity index (χ4v) is 3.47.